The molecule has 2 aliphatic rings. The Morgan fingerprint density at radius 3 is 2.39 bits per heavy atom. The first-order chi connectivity index (χ1) is 24.2. The minimum absolute atomic E-state index is 0.0188. The lowest BCUT2D eigenvalue weighted by Crippen LogP contribution is -2.29. The molecule has 3 heterocycles. The zero-order chi connectivity index (χ0) is 36.5. The van der Waals surface area contributed by atoms with Crippen molar-refractivity contribution in [2.45, 2.75) is 110 Å². The van der Waals surface area contributed by atoms with Crippen molar-refractivity contribution in [1.82, 2.24) is 15.0 Å². The van der Waals surface area contributed by atoms with Crippen LogP contribution in [0.1, 0.15) is 101 Å². The molecule has 4 aromatic rings. The number of hydrogen-bond donors (Lipinski definition) is 1. The number of pyridine rings is 1. The summed E-state index contributed by atoms with van der Waals surface area (Å²) in [5, 5.41) is 0. The van der Waals surface area contributed by atoms with E-state index < -0.39 is 10.0 Å². The highest BCUT2D eigenvalue weighted by Crippen LogP contribution is 2.41. The second-order valence-electron chi connectivity index (χ2n) is 16.3. The van der Waals surface area contributed by atoms with Crippen molar-refractivity contribution < 1.29 is 13.2 Å². The van der Waals surface area contributed by atoms with Crippen LogP contribution in [0.15, 0.2) is 65.6 Å². The van der Waals surface area contributed by atoms with Crippen molar-refractivity contribution in [1.29, 1.82) is 0 Å². The molecule has 0 amide bonds. The molecule has 1 unspecified atom stereocenters. The van der Waals surface area contributed by atoms with Gasteiger partial charge in [-0.05, 0) is 105 Å². The highest BCUT2D eigenvalue weighted by molar-refractivity contribution is 7.92. The fourth-order valence-electron chi connectivity index (χ4n) is 7.89. The molecule has 1 aliphatic heterocycles. The molecule has 2 atom stereocenters. The first-order valence-electron chi connectivity index (χ1n) is 18.6. The molecule has 1 fully saturated rings. The van der Waals surface area contributed by atoms with Gasteiger partial charge in [0, 0.05) is 35.8 Å². The number of sulfonamides is 1. The smallest absolute Gasteiger partial charge is 0.264 e. The zero-order valence-corrected chi connectivity index (χ0v) is 32.5. The van der Waals surface area contributed by atoms with Gasteiger partial charge in [-0.2, -0.15) is 4.98 Å². The average Bonchev–Trinajstić information content (AvgIpc) is 3.59. The summed E-state index contributed by atoms with van der Waals surface area (Å²) in [5.41, 5.74) is 6.80. The van der Waals surface area contributed by atoms with Crippen molar-refractivity contribution in [3.05, 3.63) is 88.6 Å². The summed E-state index contributed by atoms with van der Waals surface area (Å²) < 4.78 is 37.7. The zero-order valence-electron chi connectivity index (χ0n) is 31.7. The van der Waals surface area contributed by atoms with Gasteiger partial charge in [-0.3, -0.25) is 0 Å². The SMILES string of the molecule is Cc1cccc(CC2CCCC2)c1-c1nc2nc(c1C)OC[C@@H](CC(C)(C)C)C(Cc1cccc(N(C)C(C)C)n1)c1cccc(c1)S(=O)(=O)N2. The van der Waals surface area contributed by atoms with Crippen LogP contribution in [0, 0.1) is 31.1 Å². The minimum Gasteiger partial charge on any atom is -0.477 e. The lowest BCUT2D eigenvalue weighted by Gasteiger charge is -2.33. The van der Waals surface area contributed by atoms with Crippen LogP contribution in [0.3, 0.4) is 0 Å². The molecule has 1 N–H and O–H groups in total. The van der Waals surface area contributed by atoms with Crippen molar-refractivity contribution in [3.8, 4) is 17.1 Å². The van der Waals surface area contributed by atoms with Crippen LogP contribution in [-0.4, -0.2) is 43.1 Å². The molecule has 2 aromatic carbocycles. The van der Waals surface area contributed by atoms with Gasteiger partial charge in [-0.15, -0.1) is 0 Å². The summed E-state index contributed by atoms with van der Waals surface area (Å²) in [5.74, 6) is 1.95. The number of anilines is 2. The Balaban J connectivity index is 1.47. The lowest BCUT2D eigenvalue weighted by atomic mass is 9.74. The Morgan fingerprint density at radius 1 is 0.941 bits per heavy atom. The van der Waals surface area contributed by atoms with Gasteiger partial charge in [0.15, 0.2) is 0 Å². The summed E-state index contributed by atoms with van der Waals surface area (Å²) in [6.07, 6.45) is 7.48. The Bertz CT molecular complexity index is 1960. The fourth-order valence-corrected chi connectivity index (χ4v) is 8.89. The van der Waals surface area contributed by atoms with E-state index in [9.17, 15) is 8.42 Å². The summed E-state index contributed by atoms with van der Waals surface area (Å²) in [6, 6.07) is 20.2. The second kappa shape index (κ2) is 14.9. The number of rotatable bonds is 8. The summed E-state index contributed by atoms with van der Waals surface area (Å²) in [7, 11) is -1.97. The molecule has 4 bridgehead atoms. The second-order valence-corrected chi connectivity index (χ2v) is 18.0. The van der Waals surface area contributed by atoms with Gasteiger partial charge in [0.05, 0.1) is 17.2 Å². The standard InChI is InChI=1S/C42H55N5O3S/c1-27(2)47(8)37-21-13-19-34(43-37)24-36-31-17-12-20-35(23-31)51(48,49)46-41-44-39(29(4)40(45-41)50-26-33(36)25-42(5,6)7)38-28(3)14-11-18-32(38)22-30-15-9-10-16-30/h11-14,17-21,23,27,30,33,36H,9-10,15-16,22,24-26H2,1-8H3,(H,44,45,46)/t33-,36?/m1/s1. The van der Waals surface area contributed by atoms with Crippen LogP contribution in [0.25, 0.3) is 11.3 Å². The van der Waals surface area contributed by atoms with Gasteiger partial charge in [-0.25, -0.2) is 23.1 Å². The quantitative estimate of drug-likeness (QED) is 0.195. The van der Waals surface area contributed by atoms with Crippen molar-refractivity contribution >= 4 is 21.8 Å². The van der Waals surface area contributed by atoms with E-state index in [0.29, 0.717) is 36.6 Å². The predicted molar refractivity (Wildman–Crippen MR) is 207 cm³/mol. The van der Waals surface area contributed by atoms with Crippen LogP contribution in [0.5, 0.6) is 5.88 Å². The van der Waals surface area contributed by atoms with Crippen LogP contribution in [0.4, 0.5) is 11.8 Å². The number of aromatic nitrogens is 3. The first kappa shape index (κ1) is 36.8. The molecular weight excluding hydrogens is 655 g/mol. The Kier molecular flexibility index (Phi) is 10.8. The molecule has 0 spiro atoms. The molecule has 1 aliphatic carbocycles. The first-order valence-corrected chi connectivity index (χ1v) is 20.1. The number of fused-ring (bicyclic) bond motifs is 4. The number of nitrogens with one attached hydrogen (secondary N) is 1. The number of ether oxygens (including phenoxy) is 1. The lowest BCUT2D eigenvalue weighted by molar-refractivity contribution is 0.165. The molecule has 8 nitrogen and oxygen atoms in total. The van der Waals surface area contributed by atoms with Crippen molar-refractivity contribution in [2.24, 2.45) is 17.3 Å². The summed E-state index contributed by atoms with van der Waals surface area (Å²) in [4.78, 5) is 17.1. The highest BCUT2D eigenvalue weighted by Gasteiger charge is 2.32. The maximum atomic E-state index is 14.1. The minimum atomic E-state index is -4.03. The number of aryl methyl sites for hydroxylation is 1. The van der Waals surface area contributed by atoms with Crippen molar-refractivity contribution in [2.75, 3.05) is 23.3 Å². The van der Waals surface area contributed by atoms with Gasteiger partial charge >= 0.3 is 0 Å². The van der Waals surface area contributed by atoms with Crippen LogP contribution < -0.4 is 14.4 Å². The fraction of sp³-hybridized carbons (Fsp3) is 0.500. The summed E-state index contributed by atoms with van der Waals surface area (Å²) >= 11 is 0. The van der Waals surface area contributed by atoms with E-state index in [2.05, 4.69) is 88.5 Å². The van der Waals surface area contributed by atoms with E-state index in [0.717, 1.165) is 46.6 Å². The van der Waals surface area contributed by atoms with Crippen LogP contribution >= 0.6 is 0 Å². The number of benzene rings is 2. The Labute approximate surface area is 305 Å². The van der Waals surface area contributed by atoms with Crippen molar-refractivity contribution in [3.63, 3.8) is 0 Å². The third kappa shape index (κ3) is 8.57. The third-order valence-corrected chi connectivity index (χ3v) is 12.1. The van der Waals surface area contributed by atoms with Gasteiger partial charge < -0.3 is 9.64 Å². The number of hydrogen-bond acceptors (Lipinski definition) is 7. The van der Waals surface area contributed by atoms with E-state index in [-0.39, 0.29) is 28.1 Å². The third-order valence-electron chi connectivity index (χ3n) is 10.7. The molecule has 51 heavy (non-hydrogen) atoms. The predicted octanol–water partition coefficient (Wildman–Crippen LogP) is 9.30. The maximum Gasteiger partial charge on any atom is 0.264 e. The Morgan fingerprint density at radius 2 is 1.67 bits per heavy atom. The van der Waals surface area contributed by atoms with E-state index in [1.165, 1.54) is 31.2 Å². The van der Waals surface area contributed by atoms with Gasteiger partial charge in [0.1, 0.15) is 5.82 Å². The van der Waals surface area contributed by atoms with E-state index in [1.807, 2.05) is 31.2 Å². The molecule has 2 aromatic heterocycles. The normalized spacial score (nSPS) is 19.2. The molecule has 0 saturated heterocycles. The van der Waals surface area contributed by atoms with Gasteiger partial charge in [0.25, 0.3) is 10.0 Å². The molecule has 272 valence electrons. The monoisotopic (exact) mass is 709 g/mol. The van der Waals surface area contributed by atoms with Crippen LogP contribution in [0.2, 0.25) is 0 Å². The largest absolute Gasteiger partial charge is 0.477 e. The summed E-state index contributed by atoms with van der Waals surface area (Å²) in [6.45, 7) is 15.6. The molecule has 9 heteroatoms. The average molecular weight is 710 g/mol. The molecule has 1 saturated carbocycles. The topological polar surface area (TPSA) is 97.3 Å². The van der Waals surface area contributed by atoms with Gasteiger partial charge in [-0.1, -0.05) is 82.9 Å². The number of nitrogens with zero attached hydrogens (tertiary/aromatic N) is 4. The Hall–Kier alpha value is -3.98. The van der Waals surface area contributed by atoms with Crippen LogP contribution in [-0.2, 0) is 22.9 Å². The molecular formula is C42H55N5O3S. The van der Waals surface area contributed by atoms with E-state index >= 15 is 0 Å². The molecule has 0 radical (unpaired) electrons. The van der Waals surface area contributed by atoms with E-state index in [1.54, 1.807) is 6.07 Å². The van der Waals surface area contributed by atoms with E-state index in [4.69, 9.17) is 19.7 Å². The molecule has 6 rings (SSSR count). The van der Waals surface area contributed by atoms with Gasteiger partial charge in [0.2, 0.25) is 11.8 Å². The highest BCUT2D eigenvalue weighted by atomic mass is 32.2. The maximum absolute atomic E-state index is 14.1.